The molecule has 0 heterocycles. The molecule has 0 spiro atoms. The van der Waals surface area contributed by atoms with Crippen LogP contribution in [0.1, 0.15) is 53.4 Å². The molecule has 3 fully saturated rings. The van der Waals surface area contributed by atoms with Gasteiger partial charge in [0.2, 0.25) is 0 Å². The molecule has 0 aromatic heterocycles. The topological polar surface area (TPSA) is 80.7 Å². The van der Waals surface area contributed by atoms with E-state index in [0.717, 1.165) is 6.08 Å². The van der Waals surface area contributed by atoms with Gasteiger partial charge in [-0.15, -0.1) is 11.6 Å². The van der Waals surface area contributed by atoms with E-state index < -0.39 is 75.5 Å². The second-order valence-corrected chi connectivity index (χ2v) is 10.9. The average molecular weight is 485 g/mol. The molecular weight excluding hydrogens is 454 g/mol. The zero-order valence-electron chi connectivity index (χ0n) is 19.4. The number of carbonyl (C=O) groups is 3. The Kier molecular flexibility index (Phi) is 5.73. The van der Waals surface area contributed by atoms with Crippen LogP contribution in [0.15, 0.2) is 23.8 Å². The maximum atomic E-state index is 17.2. The number of rotatable bonds is 4. The second-order valence-electron chi connectivity index (χ2n) is 10.6. The first-order valence-electron chi connectivity index (χ1n) is 11.6. The molecule has 0 radical (unpaired) electrons. The lowest BCUT2D eigenvalue weighted by Crippen LogP contribution is -2.71. The Labute approximate surface area is 197 Å². The monoisotopic (exact) mass is 484 g/mol. The summed E-state index contributed by atoms with van der Waals surface area (Å²) in [6, 6.07) is 0. The quantitative estimate of drug-likeness (QED) is 0.481. The highest BCUT2D eigenvalue weighted by Gasteiger charge is 2.77. The van der Waals surface area contributed by atoms with Crippen molar-refractivity contribution in [1.29, 1.82) is 0 Å². The summed E-state index contributed by atoms with van der Waals surface area (Å²) in [6.45, 7) is 6.64. The number of alkyl halides is 3. The number of ether oxygens (including phenoxy) is 1. The molecule has 1 N–H and O–H groups in total. The van der Waals surface area contributed by atoms with E-state index in [9.17, 15) is 19.5 Å². The first-order valence-corrected chi connectivity index (χ1v) is 12.1. The van der Waals surface area contributed by atoms with Gasteiger partial charge < -0.3 is 9.84 Å². The van der Waals surface area contributed by atoms with Crippen molar-refractivity contribution in [3.8, 4) is 0 Å². The summed E-state index contributed by atoms with van der Waals surface area (Å²) in [7, 11) is 0. The summed E-state index contributed by atoms with van der Waals surface area (Å²) in [6.07, 6.45) is 0.584. The van der Waals surface area contributed by atoms with E-state index in [1.165, 1.54) is 19.1 Å². The van der Waals surface area contributed by atoms with Crippen molar-refractivity contribution in [1.82, 2.24) is 0 Å². The highest BCUT2D eigenvalue weighted by atomic mass is 35.5. The summed E-state index contributed by atoms with van der Waals surface area (Å²) in [5.41, 5.74) is -6.47. The van der Waals surface area contributed by atoms with Gasteiger partial charge in [-0.3, -0.25) is 14.4 Å². The number of aliphatic hydroxyl groups excluding tert-OH is 1. The van der Waals surface area contributed by atoms with E-state index in [1.54, 1.807) is 20.8 Å². The van der Waals surface area contributed by atoms with Crippen molar-refractivity contribution in [3.63, 3.8) is 0 Å². The van der Waals surface area contributed by atoms with E-state index in [1.807, 2.05) is 0 Å². The zero-order chi connectivity index (χ0) is 24.6. The molecule has 3 unspecified atom stereocenters. The van der Waals surface area contributed by atoms with Crippen LogP contribution in [-0.2, 0) is 19.1 Å². The fourth-order valence-electron chi connectivity index (χ4n) is 7.74. The molecule has 33 heavy (non-hydrogen) atoms. The molecule has 0 aromatic rings. The molecule has 4 rings (SSSR count). The van der Waals surface area contributed by atoms with Gasteiger partial charge in [-0.05, 0) is 49.8 Å². The maximum Gasteiger partial charge on any atom is 0.306 e. The molecule has 9 atom stereocenters. The Morgan fingerprint density at radius 3 is 2.55 bits per heavy atom. The molecule has 4 aliphatic rings. The summed E-state index contributed by atoms with van der Waals surface area (Å²) in [5.74, 6) is -3.84. The number of Topliss-reactive ketones (excluding diaryl/α,β-unsaturated/α-hetero) is 1. The number of esters is 1. The normalized spacial score (nSPS) is 48.4. The Balaban J connectivity index is 1.88. The lowest BCUT2D eigenvalue weighted by atomic mass is 9.44. The van der Waals surface area contributed by atoms with Crippen LogP contribution >= 0.6 is 11.6 Å². The van der Waals surface area contributed by atoms with Crippen LogP contribution in [-0.4, -0.2) is 52.1 Å². The summed E-state index contributed by atoms with van der Waals surface area (Å²) in [4.78, 5) is 37.7. The number of hydrogen-bond acceptors (Lipinski definition) is 5. The van der Waals surface area contributed by atoms with Crippen LogP contribution in [0.25, 0.3) is 0 Å². The number of hydrogen-bond donors (Lipinski definition) is 1. The minimum atomic E-state index is -2.25. The largest absolute Gasteiger partial charge is 0.450 e. The lowest BCUT2D eigenvalue weighted by molar-refractivity contribution is -0.230. The minimum Gasteiger partial charge on any atom is -0.450 e. The number of carbonyl (C=O) groups excluding carboxylic acids is 3. The summed E-state index contributed by atoms with van der Waals surface area (Å²) >= 11 is 5.97. The van der Waals surface area contributed by atoms with Crippen molar-refractivity contribution < 1.29 is 33.0 Å². The number of allylic oxidation sites excluding steroid dienone is 4. The fourth-order valence-corrected chi connectivity index (χ4v) is 7.94. The number of aliphatic hydroxyl groups is 1. The summed E-state index contributed by atoms with van der Waals surface area (Å²) < 4.78 is 38.5. The van der Waals surface area contributed by atoms with E-state index in [0.29, 0.717) is 6.42 Å². The molecule has 0 bridgehead atoms. The van der Waals surface area contributed by atoms with E-state index in [4.69, 9.17) is 16.3 Å². The van der Waals surface area contributed by atoms with Crippen LogP contribution in [0, 0.1) is 28.6 Å². The standard InChI is InChI=1S/C25H31ClF2O5/c1-5-21(32)33-25(20(31)12-26)13(2)8-15-16-10-18(27)17-9-14(29)6-7-22(17,3)24(16,28)19(30)11-23(15,25)4/h6-7,9,13,15-16,18-19,30H,5,8,10-12H2,1-4H3/t13?,15-,16-,18?,19?,22-,23-,24-,25-/m0/s1. The van der Waals surface area contributed by atoms with Crippen LogP contribution in [0.5, 0.6) is 0 Å². The van der Waals surface area contributed by atoms with Gasteiger partial charge in [-0.25, -0.2) is 8.78 Å². The number of fused-ring (bicyclic) bond motifs is 5. The van der Waals surface area contributed by atoms with Gasteiger partial charge in [0.25, 0.3) is 0 Å². The molecule has 0 amide bonds. The summed E-state index contributed by atoms with van der Waals surface area (Å²) in [5, 5.41) is 11.4. The third-order valence-electron chi connectivity index (χ3n) is 9.27. The highest BCUT2D eigenvalue weighted by Crippen LogP contribution is 2.71. The van der Waals surface area contributed by atoms with E-state index >= 15 is 8.78 Å². The molecular formula is C25H31ClF2O5. The zero-order valence-corrected chi connectivity index (χ0v) is 20.1. The van der Waals surface area contributed by atoms with Crippen molar-refractivity contribution in [2.45, 2.75) is 76.9 Å². The first-order chi connectivity index (χ1) is 15.3. The maximum absolute atomic E-state index is 17.2. The lowest BCUT2D eigenvalue weighted by Gasteiger charge is -2.63. The molecule has 4 aliphatic carbocycles. The van der Waals surface area contributed by atoms with Crippen LogP contribution in [0.2, 0.25) is 0 Å². The van der Waals surface area contributed by atoms with Gasteiger partial charge in [0.05, 0.1) is 12.0 Å². The molecule has 3 saturated carbocycles. The van der Waals surface area contributed by atoms with Crippen molar-refractivity contribution in [2.75, 3.05) is 5.88 Å². The predicted molar refractivity (Wildman–Crippen MR) is 118 cm³/mol. The minimum absolute atomic E-state index is 0.0431. The van der Waals surface area contributed by atoms with Gasteiger partial charge in [0, 0.05) is 29.1 Å². The van der Waals surface area contributed by atoms with Gasteiger partial charge in [0.1, 0.15) is 6.17 Å². The Morgan fingerprint density at radius 2 is 1.94 bits per heavy atom. The average Bonchev–Trinajstić information content (AvgIpc) is 2.98. The van der Waals surface area contributed by atoms with Gasteiger partial charge in [0.15, 0.2) is 22.8 Å². The number of ketones is 2. The SMILES string of the molecule is CCC(=O)O[C@]1(C(=O)CCl)C(C)C[C@H]2[C@@H]3CC(F)C4=CC(=O)C=C[C@]4(C)[C@@]3(F)C(O)C[C@@]21C. The Morgan fingerprint density at radius 1 is 1.27 bits per heavy atom. The van der Waals surface area contributed by atoms with Crippen LogP contribution in [0.4, 0.5) is 8.78 Å². The van der Waals surface area contributed by atoms with Gasteiger partial charge in [-0.2, -0.15) is 0 Å². The Hall–Kier alpha value is -1.60. The van der Waals surface area contributed by atoms with Crippen molar-refractivity contribution in [3.05, 3.63) is 23.8 Å². The highest BCUT2D eigenvalue weighted by molar-refractivity contribution is 6.29. The fraction of sp³-hybridized carbons (Fsp3) is 0.720. The molecule has 5 nitrogen and oxygen atoms in total. The molecule has 8 heteroatoms. The third kappa shape index (κ3) is 2.87. The van der Waals surface area contributed by atoms with Crippen molar-refractivity contribution >= 4 is 29.1 Å². The smallest absolute Gasteiger partial charge is 0.306 e. The van der Waals surface area contributed by atoms with Crippen LogP contribution in [0.3, 0.4) is 0 Å². The predicted octanol–water partition coefficient (Wildman–Crippen LogP) is 4.05. The van der Waals surface area contributed by atoms with Gasteiger partial charge in [-0.1, -0.05) is 26.8 Å². The van der Waals surface area contributed by atoms with E-state index in [2.05, 4.69) is 0 Å². The third-order valence-corrected chi connectivity index (χ3v) is 9.51. The molecule has 0 saturated heterocycles. The number of halogens is 3. The first kappa shape index (κ1) is 24.5. The molecule has 0 aromatic carbocycles. The second kappa shape index (κ2) is 7.70. The van der Waals surface area contributed by atoms with E-state index in [-0.39, 0.29) is 24.8 Å². The molecule has 0 aliphatic heterocycles. The van der Waals surface area contributed by atoms with Crippen LogP contribution < -0.4 is 0 Å². The molecule has 182 valence electrons. The Bertz CT molecular complexity index is 964. The van der Waals surface area contributed by atoms with Gasteiger partial charge >= 0.3 is 5.97 Å². The van der Waals surface area contributed by atoms with Crippen molar-refractivity contribution in [2.24, 2.45) is 28.6 Å².